The number of hydrogen-bond acceptors (Lipinski definition) is 4. The minimum absolute atomic E-state index is 0.0430. The summed E-state index contributed by atoms with van der Waals surface area (Å²) in [6.07, 6.45) is 0. The van der Waals surface area contributed by atoms with Gasteiger partial charge in [0.05, 0.1) is 23.4 Å². The number of ether oxygens (including phenoxy) is 1. The van der Waals surface area contributed by atoms with Crippen LogP contribution < -0.4 is 10.1 Å². The first kappa shape index (κ1) is 18.3. The van der Waals surface area contributed by atoms with Crippen molar-refractivity contribution in [3.8, 4) is 5.75 Å². The highest BCUT2D eigenvalue weighted by atomic mass is 32.2. The average molecular weight is 369 g/mol. The number of benzene rings is 2. The van der Waals surface area contributed by atoms with E-state index >= 15 is 0 Å². The first-order valence-corrected chi connectivity index (χ1v) is 9.69. The molecule has 3 rings (SSSR count). The van der Waals surface area contributed by atoms with Crippen molar-refractivity contribution in [2.75, 3.05) is 17.7 Å². The van der Waals surface area contributed by atoms with E-state index < -0.39 is 0 Å². The fourth-order valence-electron chi connectivity index (χ4n) is 2.72. The Morgan fingerprint density at radius 3 is 2.85 bits per heavy atom. The first-order valence-electron chi connectivity index (χ1n) is 8.71. The third-order valence-electron chi connectivity index (χ3n) is 3.94. The number of thioether (sulfide) groups is 1. The second-order valence-corrected chi connectivity index (χ2v) is 7.20. The molecule has 2 N–H and O–H groups in total. The molecule has 0 bridgehead atoms. The predicted molar refractivity (Wildman–Crippen MR) is 107 cm³/mol. The quantitative estimate of drug-likeness (QED) is 0.586. The minimum atomic E-state index is -0.0430. The molecule has 1 amide bonds. The lowest BCUT2D eigenvalue weighted by molar-refractivity contribution is -0.113. The van der Waals surface area contributed by atoms with Gasteiger partial charge in [-0.15, -0.1) is 0 Å². The third kappa shape index (κ3) is 4.38. The van der Waals surface area contributed by atoms with Crippen molar-refractivity contribution in [3.63, 3.8) is 0 Å². The van der Waals surface area contributed by atoms with Crippen molar-refractivity contribution in [2.24, 2.45) is 0 Å². The van der Waals surface area contributed by atoms with Gasteiger partial charge in [0, 0.05) is 11.8 Å². The Kier molecular flexibility index (Phi) is 5.83. The van der Waals surface area contributed by atoms with Gasteiger partial charge in [-0.3, -0.25) is 4.79 Å². The molecule has 0 fully saturated rings. The van der Waals surface area contributed by atoms with Gasteiger partial charge in [-0.2, -0.15) is 0 Å². The Bertz CT molecular complexity index is 905. The number of aromatic amines is 1. The van der Waals surface area contributed by atoms with Gasteiger partial charge >= 0.3 is 0 Å². The van der Waals surface area contributed by atoms with E-state index in [9.17, 15) is 4.79 Å². The summed E-state index contributed by atoms with van der Waals surface area (Å²) in [5.41, 5.74) is 3.78. The summed E-state index contributed by atoms with van der Waals surface area (Å²) in [5.74, 6) is 1.42. The monoisotopic (exact) mass is 369 g/mol. The van der Waals surface area contributed by atoms with E-state index in [-0.39, 0.29) is 5.91 Å². The first-order chi connectivity index (χ1) is 12.6. The van der Waals surface area contributed by atoms with Crippen LogP contribution in [0, 0.1) is 0 Å². The van der Waals surface area contributed by atoms with Crippen LogP contribution in [0.2, 0.25) is 0 Å². The molecule has 136 valence electrons. The Balaban J connectivity index is 1.63. The number of amides is 1. The summed E-state index contributed by atoms with van der Waals surface area (Å²) in [6, 6.07) is 13.6. The Morgan fingerprint density at radius 2 is 2.08 bits per heavy atom. The number of H-pyrrole nitrogens is 1. The Morgan fingerprint density at radius 1 is 1.27 bits per heavy atom. The number of para-hydroxylation sites is 1. The fourth-order valence-corrected chi connectivity index (χ4v) is 3.41. The molecule has 5 nitrogen and oxygen atoms in total. The normalized spacial score (nSPS) is 11.1. The van der Waals surface area contributed by atoms with Crippen LogP contribution in [-0.4, -0.2) is 28.2 Å². The molecule has 1 aromatic heterocycles. The van der Waals surface area contributed by atoms with E-state index in [0.29, 0.717) is 18.3 Å². The van der Waals surface area contributed by atoms with Gasteiger partial charge < -0.3 is 15.0 Å². The lowest BCUT2D eigenvalue weighted by Gasteiger charge is -2.13. The maximum Gasteiger partial charge on any atom is 0.234 e. The second-order valence-electron chi connectivity index (χ2n) is 6.23. The lowest BCUT2D eigenvalue weighted by Crippen LogP contribution is -2.15. The van der Waals surface area contributed by atoms with Gasteiger partial charge in [0.15, 0.2) is 5.16 Å². The fraction of sp³-hybridized carbons (Fsp3) is 0.300. The standard InChI is InChI=1S/C20H23N3O2S/c1-4-25-14-9-10-17-18(11-14)23-20(22-17)26-12-19(24)21-16-8-6-5-7-15(16)13(2)3/h5-11,13H,4,12H2,1-3H3,(H,21,24)(H,22,23). The summed E-state index contributed by atoms with van der Waals surface area (Å²) in [6.45, 7) is 6.81. The van der Waals surface area contributed by atoms with E-state index in [1.54, 1.807) is 0 Å². The number of hydrogen-bond donors (Lipinski definition) is 2. The van der Waals surface area contributed by atoms with Crippen molar-refractivity contribution < 1.29 is 9.53 Å². The zero-order valence-electron chi connectivity index (χ0n) is 15.2. The molecule has 26 heavy (non-hydrogen) atoms. The summed E-state index contributed by atoms with van der Waals surface area (Å²) in [5, 5.41) is 3.72. The summed E-state index contributed by atoms with van der Waals surface area (Å²) >= 11 is 1.39. The number of aromatic nitrogens is 2. The average Bonchev–Trinajstić information content (AvgIpc) is 3.03. The smallest absolute Gasteiger partial charge is 0.234 e. The highest BCUT2D eigenvalue weighted by Gasteiger charge is 2.11. The van der Waals surface area contributed by atoms with Crippen LogP contribution in [0.25, 0.3) is 11.0 Å². The SMILES string of the molecule is CCOc1ccc2nc(SCC(=O)Nc3ccccc3C(C)C)[nH]c2c1. The summed E-state index contributed by atoms with van der Waals surface area (Å²) < 4.78 is 5.50. The molecule has 0 aliphatic heterocycles. The van der Waals surface area contributed by atoms with Crippen LogP contribution in [0.5, 0.6) is 5.75 Å². The molecule has 6 heteroatoms. The highest BCUT2D eigenvalue weighted by Crippen LogP contribution is 2.25. The molecular formula is C20H23N3O2S. The van der Waals surface area contributed by atoms with Crippen LogP contribution >= 0.6 is 11.8 Å². The van der Waals surface area contributed by atoms with Crippen molar-refractivity contribution in [1.29, 1.82) is 0 Å². The van der Waals surface area contributed by atoms with Crippen molar-refractivity contribution >= 4 is 34.4 Å². The second kappa shape index (κ2) is 8.27. The van der Waals surface area contributed by atoms with E-state index in [1.165, 1.54) is 11.8 Å². The Hall–Kier alpha value is -2.47. The third-order valence-corrected chi connectivity index (χ3v) is 4.81. The van der Waals surface area contributed by atoms with Crippen molar-refractivity contribution in [1.82, 2.24) is 9.97 Å². The number of rotatable bonds is 7. The molecule has 0 atom stereocenters. The van der Waals surface area contributed by atoms with Crippen LogP contribution in [-0.2, 0) is 4.79 Å². The van der Waals surface area contributed by atoms with Crippen LogP contribution in [0.1, 0.15) is 32.3 Å². The molecular weight excluding hydrogens is 346 g/mol. The van der Waals surface area contributed by atoms with Gasteiger partial charge in [0.2, 0.25) is 5.91 Å². The van der Waals surface area contributed by atoms with E-state index in [2.05, 4.69) is 29.1 Å². The van der Waals surface area contributed by atoms with Crippen molar-refractivity contribution in [3.05, 3.63) is 48.0 Å². The van der Waals surface area contributed by atoms with Gasteiger partial charge in [-0.05, 0) is 36.6 Å². The number of imidazole rings is 1. The molecule has 0 saturated heterocycles. The molecule has 0 aliphatic carbocycles. The lowest BCUT2D eigenvalue weighted by atomic mass is 10.0. The maximum atomic E-state index is 12.3. The number of nitrogens with zero attached hydrogens (tertiary/aromatic N) is 1. The topological polar surface area (TPSA) is 67.0 Å². The number of carbonyl (C=O) groups excluding carboxylic acids is 1. The zero-order valence-corrected chi connectivity index (χ0v) is 16.0. The van der Waals surface area contributed by atoms with Gasteiger partial charge in [-0.25, -0.2) is 4.98 Å². The highest BCUT2D eigenvalue weighted by molar-refractivity contribution is 7.99. The molecule has 0 aliphatic rings. The summed E-state index contributed by atoms with van der Waals surface area (Å²) in [4.78, 5) is 20.1. The Labute approximate surface area is 157 Å². The van der Waals surface area contributed by atoms with E-state index in [0.717, 1.165) is 33.2 Å². The predicted octanol–water partition coefficient (Wildman–Crippen LogP) is 4.82. The van der Waals surface area contributed by atoms with Crippen LogP contribution in [0.3, 0.4) is 0 Å². The molecule has 1 heterocycles. The number of carbonyl (C=O) groups is 1. The van der Waals surface area contributed by atoms with Crippen LogP contribution in [0.4, 0.5) is 5.69 Å². The van der Waals surface area contributed by atoms with Gasteiger partial charge in [0.25, 0.3) is 0 Å². The molecule has 0 saturated carbocycles. The number of nitrogens with one attached hydrogen (secondary N) is 2. The van der Waals surface area contributed by atoms with Crippen LogP contribution in [0.15, 0.2) is 47.6 Å². The molecule has 3 aromatic rings. The van der Waals surface area contributed by atoms with Gasteiger partial charge in [-0.1, -0.05) is 43.8 Å². The van der Waals surface area contributed by atoms with E-state index in [1.807, 2.05) is 49.4 Å². The number of fused-ring (bicyclic) bond motifs is 1. The van der Waals surface area contributed by atoms with Crippen molar-refractivity contribution in [2.45, 2.75) is 31.8 Å². The number of anilines is 1. The maximum absolute atomic E-state index is 12.3. The van der Waals surface area contributed by atoms with Gasteiger partial charge in [0.1, 0.15) is 5.75 Å². The molecule has 2 aromatic carbocycles. The van der Waals surface area contributed by atoms with E-state index in [4.69, 9.17) is 4.74 Å². The minimum Gasteiger partial charge on any atom is -0.494 e. The molecule has 0 radical (unpaired) electrons. The largest absolute Gasteiger partial charge is 0.494 e. The molecule has 0 unspecified atom stereocenters. The zero-order chi connectivity index (χ0) is 18.5. The summed E-state index contributed by atoms with van der Waals surface area (Å²) in [7, 11) is 0. The molecule has 0 spiro atoms.